The van der Waals surface area contributed by atoms with Crippen molar-refractivity contribution in [1.29, 1.82) is 0 Å². The molecule has 10 heteroatoms. The number of carbonyl (C=O) groups excluding carboxylic acids is 3. The molecule has 184 valence electrons. The minimum atomic E-state index is -4.20. The van der Waals surface area contributed by atoms with E-state index in [0.29, 0.717) is 16.6 Å². The Morgan fingerprint density at radius 3 is 2.39 bits per heavy atom. The second-order valence-electron chi connectivity index (χ2n) is 7.97. The maximum Gasteiger partial charge on any atom is 0.339 e. The van der Waals surface area contributed by atoms with Gasteiger partial charge in [-0.3, -0.25) is 14.9 Å². The Labute approximate surface area is 216 Å². The van der Waals surface area contributed by atoms with Crippen LogP contribution < -0.4 is 14.4 Å². The Bertz CT molecular complexity index is 1510. The van der Waals surface area contributed by atoms with Gasteiger partial charge in [-0.15, -0.1) is 0 Å². The van der Waals surface area contributed by atoms with Crippen LogP contribution in [0, 0.1) is 6.92 Å². The van der Waals surface area contributed by atoms with Crippen molar-refractivity contribution in [3.8, 4) is 5.75 Å². The minimum Gasteiger partial charge on any atom is -0.378 e. The van der Waals surface area contributed by atoms with Gasteiger partial charge in [-0.2, -0.15) is 8.42 Å². The Hall–Kier alpha value is -3.76. The number of nitrogens with zero attached hydrogens (tertiary/aromatic N) is 1. The van der Waals surface area contributed by atoms with Crippen LogP contribution in [0.4, 0.5) is 10.5 Å². The highest BCUT2D eigenvalue weighted by Crippen LogP contribution is 2.31. The summed E-state index contributed by atoms with van der Waals surface area (Å²) in [6.07, 6.45) is 1.76. The average molecular weight is 569 g/mol. The highest BCUT2D eigenvalue weighted by molar-refractivity contribution is 9.10. The zero-order chi connectivity index (χ0) is 26.0. The van der Waals surface area contributed by atoms with Crippen LogP contribution in [0.3, 0.4) is 0 Å². The zero-order valence-corrected chi connectivity index (χ0v) is 21.7. The maximum atomic E-state index is 13.4. The third-order valence-electron chi connectivity index (χ3n) is 5.50. The van der Waals surface area contributed by atoms with Crippen LogP contribution >= 0.6 is 15.9 Å². The molecule has 36 heavy (non-hydrogen) atoms. The van der Waals surface area contributed by atoms with Crippen LogP contribution in [-0.4, -0.2) is 26.3 Å². The molecular weight excluding hydrogens is 548 g/mol. The van der Waals surface area contributed by atoms with Gasteiger partial charge in [-0.05, 0) is 61.4 Å². The normalized spacial score (nSPS) is 15.2. The summed E-state index contributed by atoms with van der Waals surface area (Å²) in [7, 11) is -4.20. The first kappa shape index (κ1) is 25.3. The summed E-state index contributed by atoms with van der Waals surface area (Å²) in [5, 5.41) is 2.18. The molecule has 4 rings (SSSR count). The van der Waals surface area contributed by atoms with E-state index in [4.69, 9.17) is 4.18 Å². The van der Waals surface area contributed by atoms with Gasteiger partial charge in [-0.1, -0.05) is 58.7 Å². The van der Waals surface area contributed by atoms with Crippen LogP contribution in [0.5, 0.6) is 5.75 Å². The lowest BCUT2D eigenvalue weighted by molar-refractivity contribution is -0.122. The lowest BCUT2D eigenvalue weighted by Crippen LogP contribution is -2.54. The van der Waals surface area contributed by atoms with E-state index in [9.17, 15) is 22.8 Å². The maximum absolute atomic E-state index is 13.4. The van der Waals surface area contributed by atoms with Gasteiger partial charge in [0, 0.05) is 10.0 Å². The van der Waals surface area contributed by atoms with Crippen molar-refractivity contribution in [2.24, 2.45) is 0 Å². The van der Waals surface area contributed by atoms with Gasteiger partial charge in [0.2, 0.25) is 0 Å². The number of para-hydroxylation sites is 1. The quantitative estimate of drug-likeness (QED) is 0.261. The first-order valence-electron chi connectivity index (χ1n) is 10.9. The van der Waals surface area contributed by atoms with E-state index in [2.05, 4.69) is 21.2 Å². The molecule has 3 aromatic rings. The molecule has 0 aromatic heterocycles. The van der Waals surface area contributed by atoms with E-state index in [1.165, 1.54) is 30.3 Å². The molecule has 0 unspecified atom stereocenters. The number of rotatable bonds is 6. The molecule has 1 aliphatic heterocycles. The predicted molar refractivity (Wildman–Crippen MR) is 138 cm³/mol. The number of amides is 4. The molecule has 0 radical (unpaired) electrons. The Balaban J connectivity index is 1.76. The molecule has 0 spiro atoms. The summed E-state index contributed by atoms with van der Waals surface area (Å²) in [5.74, 6) is -1.83. The van der Waals surface area contributed by atoms with Crippen molar-refractivity contribution in [3.05, 3.63) is 93.5 Å². The van der Waals surface area contributed by atoms with Crippen molar-refractivity contribution in [3.63, 3.8) is 0 Å². The molecule has 4 amide bonds. The van der Waals surface area contributed by atoms with Crippen LogP contribution in [0.1, 0.15) is 23.6 Å². The van der Waals surface area contributed by atoms with E-state index in [1.807, 2.05) is 13.8 Å². The number of carbonyl (C=O) groups is 3. The van der Waals surface area contributed by atoms with E-state index >= 15 is 0 Å². The summed E-state index contributed by atoms with van der Waals surface area (Å²) in [4.78, 5) is 39.5. The molecule has 0 aliphatic carbocycles. The third kappa shape index (κ3) is 5.09. The number of halogens is 1. The van der Waals surface area contributed by atoms with Crippen molar-refractivity contribution in [2.45, 2.75) is 25.2 Å². The fraction of sp³-hybridized carbons (Fsp3) is 0.115. The number of anilines is 1. The smallest absolute Gasteiger partial charge is 0.339 e. The van der Waals surface area contributed by atoms with Gasteiger partial charge in [-0.25, -0.2) is 9.69 Å². The Kier molecular flexibility index (Phi) is 7.09. The van der Waals surface area contributed by atoms with Crippen LogP contribution in [0.25, 0.3) is 6.08 Å². The molecule has 1 saturated heterocycles. The molecule has 0 atom stereocenters. The van der Waals surface area contributed by atoms with Crippen molar-refractivity contribution in [2.75, 3.05) is 4.90 Å². The van der Waals surface area contributed by atoms with Crippen molar-refractivity contribution in [1.82, 2.24) is 5.32 Å². The number of hydrogen-bond donors (Lipinski definition) is 1. The molecule has 0 saturated carbocycles. The van der Waals surface area contributed by atoms with Gasteiger partial charge in [0.15, 0.2) is 0 Å². The first-order chi connectivity index (χ1) is 17.1. The number of barbiturate groups is 1. The van der Waals surface area contributed by atoms with Crippen LogP contribution in [-0.2, 0) is 26.1 Å². The number of benzene rings is 3. The van der Waals surface area contributed by atoms with E-state index in [0.717, 1.165) is 16.0 Å². The zero-order valence-electron chi connectivity index (χ0n) is 19.3. The number of aryl methyl sites for hydroxylation is 2. The van der Waals surface area contributed by atoms with E-state index in [1.54, 1.807) is 42.5 Å². The average Bonchev–Trinajstić information content (AvgIpc) is 2.83. The SMILES string of the molecule is CCc1ccccc1N1C(=O)NC(=O)/C(=C/c2cc(Br)ccc2OS(=O)(=O)c2ccc(C)cc2)C1=O. The number of hydrogen-bond acceptors (Lipinski definition) is 6. The largest absolute Gasteiger partial charge is 0.378 e. The summed E-state index contributed by atoms with van der Waals surface area (Å²) >= 11 is 3.32. The fourth-order valence-electron chi connectivity index (χ4n) is 3.64. The molecule has 3 aromatic carbocycles. The molecular formula is C26H21BrN2O6S. The summed E-state index contributed by atoms with van der Waals surface area (Å²) in [6, 6.07) is 16.6. The molecule has 1 fully saturated rings. The predicted octanol–water partition coefficient (Wildman–Crippen LogP) is 4.75. The van der Waals surface area contributed by atoms with E-state index < -0.39 is 28.0 Å². The number of imide groups is 2. The Morgan fingerprint density at radius 1 is 1.00 bits per heavy atom. The van der Waals surface area contributed by atoms with Gasteiger partial charge >= 0.3 is 16.1 Å². The topological polar surface area (TPSA) is 110 Å². The van der Waals surface area contributed by atoms with Gasteiger partial charge in [0.25, 0.3) is 11.8 Å². The third-order valence-corrected chi connectivity index (χ3v) is 7.24. The molecule has 1 aliphatic rings. The standard InChI is InChI=1S/C26H21BrN2O6S/c1-3-17-6-4-5-7-22(17)29-25(31)21(24(30)28-26(29)32)15-18-14-19(27)10-13-23(18)35-36(33,34)20-11-8-16(2)9-12-20/h4-15H,3H2,1-2H3,(H,28,30,32)/b21-15-. The van der Waals surface area contributed by atoms with Crippen LogP contribution in [0.15, 0.2) is 81.7 Å². The van der Waals surface area contributed by atoms with Crippen molar-refractivity contribution < 1.29 is 27.0 Å². The minimum absolute atomic E-state index is 0.0472. The monoisotopic (exact) mass is 568 g/mol. The van der Waals surface area contributed by atoms with Crippen LogP contribution in [0.2, 0.25) is 0 Å². The molecule has 0 bridgehead atoms. The van der Waals surface area contributed by atoms with Crippen molar-refractivity contribution >= 4 is 55.7 Å². The first-order valence-corrected chi connectivity index (χ1v) is 13.1. The summed E-state index contributed by atoms with van der Waals surface area (Å²) in [5.41, 5.74) is 1.78. The number of nitrogens with one attached hydrogen (secondary N) is 1. The summed E-state index contributed by atoms with van der Waals surface area (Å²) < 4.78 is 31.7. The molecule has 8 nitrogen and oxygen atoms in total. The lowest BCUT2D eigenvalue weighted by atomic mass is 10.0. The Morgan fingerprint density at radius 2 is 1.69 bits per heavy atom. The summed E-state index contributed by atoms with van der Waals surface area (Å²) in [6.45, 7) is 3.71. The van der Waals surface area contributed by atoms with Gasteiger partial charge < -0.3 is 4.18 Å². The molecule has 1 heterocycles. The van der Waals surface area contributed by atoms with Gasteiger partial charge in [0.1, 0.15) is 16.2 Å². The number of urea groups is 1. The van der Waals surface area contributed by atoms with Gasteiger partial charge in [0.05, 0.1) is 5.69 Å². The highest BCUT2D eigenvalue weighted by atomic mass is 79.9. The second kappa shape index (κ2) is 10.1. The molecule has 1 N–H and O–H groups in total. The highest BCUT2D eigenvalue weighted by Gasteiger charge is 2.37. The van der Waals surface area contributed by atoms with E-state index in [-0.39, 0.29) is 21.8 Å². The second-order valence-corrected chi connectivity index (χ2v) is 10.4. The lowest BCUT2D eigenvalue weighted by Gasteiger charge is -2.28. The fourth-order valence-corrected chi connectivity index (χ4v) is 4.97.